The van der Waals surface area contributed by atoms with Crippen molar-refractivity contribution < 1.29 is 27.4 Å². The van der Waals surface area contributed by atoms with E-state index in [0.29, 0.717) is 36.7 Å². The van der Waals surface area contributed by atoms with Crippen molar-refractivity contribution >= 4 is 7.37 Å². The molecule has 0 aliphatic heterocycles. The van der Waals surface area contributed by atoms with Crippen molar-refractivity contribution in [3.8, 4) is 5.75 Å². The highest BCUT2D eigenvalue weighted by Crippen LogP contribution is 2.65. The van der Waals surface area contributed by atoms with E-state index >= 15 is 0 Å². The number of aryl methyl sites for hydroxylation is 1. The first-order valence-corrected chi connectivity index (χ1v) is 13.8. The van der Waals surface area contributed by atoms with Crippen LogP contribution in [0.3, 0.4) is 0 Å². The van der Waals surface area contributed by atoms with E-state index in [-0.39, 0.29) is 17.7 Å². The zero-order valence-electron chi connectivity index (χ0n) is 19.1. The second-order valence-electron chi connectivity index (χ2n) is 9.91. The number of hydrogen-bond donors (Lipinski definition) is 1. The summed E-state index contributed by atoms with van der Waals surface area (Å²) in [7, 11) is -4.60. The van der Waals surface area contributed by atoms with E-state index in [1.807, 2.05) is 13.0 Å². The number of halogens is 3. The standard InChI is InChI=1S/C26H32F3O3P/c1-17-6-13-24(27)23(14-17)19-9-7-18(8-10-19)16-32-22-5-3-4-21(15-22)25(20-11-12-20)26(28,29)33(2,30)31/h3-6,13-15,18-20,25H,7-12,16H2,1-2H3,(H,30,31)/t18?,19?,25-/m0/s1. The van der Waals surface area contributed by atoms with E-state index in [0.717, 1.165) is 43.5 Å². The second-order valence-corrected chi connectivity index (χ2v) is 12.3. The van der Waals surface area contributed by atoms with E-state index in [1.54, 1.807) is 36.4 Å². The number of ether oxygens (including phenoxy) is 1. The summed E-state index contributed by atoms with van der Waals surface area (Å²) in [6, 6.07) is 11.9. The highest BCUT2D eigenvalue weighted by molar-refractivity contribution is 7.58. The van der Waals surface area contributed by atoms with Crippen molar-refractivity contribution in [2.24, 2.45) is 11.8 Å². The Hall–Kier alpha value is -1.78. The summed E-state index contributed by atoms with van der Waals surface area (Å²) in [4.78, 5) is 9.68. The Morgan fingerprint density at radius 2 is 1.79 bits per heavy atom. The van der Waals surface area contributed by atoms with Gasteiger partial charge in [0, 0.05) is 6.66 Å². The molecule has 0 spiro atoms. The molecule has 2 aliphatic carbocycles. The van der Waals surface area contributed by atoms with Gasteiger partial charge in [-0.1, -0.05) is 29.8 Å². The van der Waals surface area contributed by atoms with Crippen molar-refractivity contribution in [1.82, 2.24) is 0 Å². The van der Waals surface area contributed by atoms with Crippen molar-refractivity contribution in [3.63, 3.8) is 0 Å². The third-order valence-electron chi connectivity index (χ3n) is 7.16. The van der Waals surface area contributed by atoms with E-state index in [2.05, 4.69) is 0 Å². The third kappa shape index (κ3) is 5.49. The van der Waals surface area contributed by atoms with Crippen LogP contribution in [0.2, 0.25) is 0 Å². The molecule has 2 aromatic rings. The second kappa shape index (κ2) is 9.46. The Morgan fingerprint density at radius 3 is 2.42 bits per heavy atom. The van der Waals surface area contributed by atoms with Crippen LogP contribution in [0.1, 0.15) is 67.1 Å². The number of rotatable bonds is 8. The number of benzene rings is 2. The van der Waals surface area contributed by atoms with Gasteiger partial charge in [0.2, 0.25) is 0 Å². The number of hydrogen-bond acceptors (Lipinski definition) is 2. The van der Waals surface area contributed by atoms with Crippen LogP contribution in [0.25, 0.3) is 0 Å². The van der Waals surface area contributed by atoms with Crippen LogP contribution in [-0.2, 0) is 4.57 Å². The minimum absolute atomic E-state index is 0.140. The van der Waals surface area contributed by atoms with E-state index in [4.69, 9.17) is 4.74 Å². The summed E-state index contributed by atoms with van der Waals surface area (Å²) in [5.41, 5.74) is -1.45. The summed E-state index contributed by atoms with van der Waals surface area (Å²) >= 11 is 0. The smallest absolute Gasteiger partial charge is 0.328 e. The predicted octanol–water partition coefficient (Wildman–Crippen LogP) is 7.47. The molecular weight excluding hydrogens is 448 g/mol. The largest absolute Gasteiger partial charge is 0.493 e. The van der Waals surface area contributed by atoms with Crippen molar-refractivity contribution in [2.45, 2.75) is 62.9 Å². The van der Waals surface area contributed by atoms with Crippen LogP contribution in [0.5, 0.6) is 5.75 Å². The monoisotopic (exact) mass is 480 g/mol. The lowest BCUT2D eigenvalue weighted by atomic mass is 9.78. The first-order valence-electron chi connectivity index (χ1n) is 11.7. The Labute approximate surface area is 193 Å². The SMILES string of the molecule is Cc1ccc(F)c(C2CCC(COc3cccc([C@H](C4CC4)C(F)(F)P(C)(=O)O)c3)CC2)c1. The Kier molecular flexibility index (Phi) is 6.98. The quantitative estimate of drug-likeness (QED) is 0.399. The van der Waals surface area contributed by atoms with E-state index < -0.39 is 19.0 Å². The molecule has 2 fully saturated rings. The van der Waals surface area contributed by atoms with Gasteiger partial charge in [0.15, 0.2) is 0 Å². The van der Waals surface area contributed by atoms with E-state index in [1.165, 1.54) is 0 Å². The third-order valence-corrected chi connectivity index (χ3v) is 8.55. The molecule has 2 atom stereocenters. The van der Waals surface area contributed by atoms with Crippen LogP contribution >= 0.6 is 7.37 Å². The predicted molar refractivity (Wildman–Crippen MR) is 124 cm³/mol. The molecule has 0 amide bonds. The lowest BCUT2D eigenvalue weighted by Gasteiger charge is -2.30. The van der Waals surface area contributed by atoms with Gasteiger partial charge in [-0.05, 0) is 92.5 Å². The lowest BCUT2D eigenvalue weighted by molar-refractivity contribution is 0.0388. The summed E-state index contributed by atoms with van der Waals surface area (Å²) < 4.78 is 61.8. The lowest BCUT2D eigenvalue weighted by Crippen LogP contribution is -2.28. The van der Waals surface area contributed by atoms with Gasteiger partial charge in [-0.2, -0.15) is 8.78 Å². The molecule has 0 saturated heterocycles. The minimum atomic E-state index is -4.60. The fourth-order valence-electron chi connectivity index (χ4n) is 5.07. The zero-order chi connectivity index (χ0) is 23.8. The number of alkyl halides is 2. The highest BCUT2D eigenvalue weighted by Gasteiger charge is 2.57. The minimum Gasteiger partial charge on any atom is -0.493 e. The molecule has 4 rings (SSSR count). The van der Waals surface area contributed by atoms with Gasteiger partial charge in [0.25, 0.3) is 7.37 Å². The van der Waals surface area contributed by atoms with Crippen LogP contribution in [0.4, 0.5) is 13.2 Å². The summed E-state index contributed by atoms with van der Waals surface area (Å²) in [5.74, 6) is -0.654. The van der Waals surface area contributed by atoms with Gasteiger partial charge in [-0.15, -0.1) is 0 Å². The summed E-state index contributed by atoms with van der Waals surface area (Å²) in [5, 5.41) is 0. The maximum absolute atomic E-state index is 14.8. The average molecular weight is 481 g/mol. The molecule has 33 heavy (non-hydrogen) atoms. The maximum atomic E-state index is 14.8. The molecular formula is C26H32F3O3P. The van der Waals surface area contributed by atoms with Crippen molar-refractivity contribution in [2.75, 3.05) is 13.3 Å². The fraction of sp³-hybridized carbons (Fsp3) is 0.538. The molecule has 2 saturated carbocycles. The molecule has 1 N–H and O–H groups in total. The highest BCUT2D eigenvalue weighted by atomic mass is 31.2. The molecule has 2 aromatic carbocycles. The van der Waals surface area contributed by atoms with E-state index in [9.17, 15) is 22.6 Å². The van der Waals surface area contributed by atoms with Gasteiger partial charge >= 0.3 is 5.66 Å². The zero-order valence-corrected chi connectivity index (χ0v) is 20.0. The molecule has 7 heteroatoms. The topological polar surface area (TPSA) is 46.5 Å². The first kappa shape index (κ1) is 24.3. The fourth-order valence-corrected chi connectivity index (χ4v) is 5.95. The molecule has 0 heterocycles. The molecule has 0 aromatic heterocycles. The normalized spacial score (nSPS) is 24.2. The first-order chi connectivity index (χ1) is 15.6. The molecule has 0 bridgehead atoms. The molecule has 0 radical (unpaired) electrons. The summed E-state index contributed by atoms with van der Waals surface area (Å²) in [6.45, 7) is 3.19. The van der Waals surface area contributed by atoms with Crippen LogP contribution < -0.4 is 4.74 Å². The van der Waals surface area contributed by atoms with Crippen LogP contribution in [0.15, 0.2) is 42.5 Å². The van der Waals surface area contributed by atoms with Gasteiger partial charge in [0.1, 0.15) is 11.6 Å². The Morgan fingerprint density at radius 1 is 1.09 bits per heavy atom. The van der Waals surface area contributed by atoms with Gasteiger partial charge < -0.3 is 9.63 Å². The molecule has 1 unspecified atom stereocenters. The Bertz CT molecular complexity index is 1020. The summed E-state index contributed by atoms with van der Waals surface area (Å²) in [6.07, 6.45) is 4.90. The average Bonchev–Trinajstić information content (AvgIpc) is 3.59. The molecule has 3 nitrogen and oxygen atoms in total. The van der Waals surface area contributed by atoms with Crippen LogP contribution in [0, 0.1) is 24.6 Å². The van der Waals surface area contributed by atoms with Gasteiger partial charge in [-0.25, -0.2) is 4.39 Å². The van der Waals surface area contributed by atoms with Crippen LogP contribution in [-0.4, -0.2) is 23.8 Å². The van der Waals surface area contributed by atoms with Crippen molar-refractivity contribution in [3.05, 3.63) is 65.0 Å². The Balaban J connectivity index is 1.38. The maximum Gasteiger partial charge on any atom is 0.328 e. The van der Waals surface area contributed by atoms with Crippen molar-refractivity contribution in [1.29, 1.82) is 0 Å². The molecule has 2 aliphatic rings. The molecule has 180 valence electrons. The van der Waals surface area contributed by atoms with Gasteiger partial charge in [-0.3, -0.25) is 4.57 Å². The van der Waals surface area contributed by atoms with Gasteiger partial charge in [0.05, 0.1) is 12.5 Å².